The highest BCUT2D eigenvalue weighted by molar-refractivity contribution is 7.47. The first-order chi connectivity index (χ1) is 21.3. The predicted octanol–water partition coefficient (Wildman–Crippen LogP) is 8.48. The number of hydrogen-bond donors (Lipinski definition) is 3. The summed E-state index contributed by atoms with van der Waals surface area (Å²) in [7, 11) is -4.40. The second-order valence-electron chi connectivity index (χ2n) is 11.5. The number of aliphatic hydroxyl groups excluding tert-OH is 1. The highest BCUT2D eigenvalue weighted by Crippen LogP contribution is 2.42. The van der Waals surface area contributed by atoms with Gasteiger partial charge in [0, 0.05) is 19.4 Å². The van der Waals surface area contributed by atoms with Crippen LogP contribution in [0.5, 0.6) is 0 Å². The van der Waals surface area contributed by atoms with E-state index in [1.807, 2.05) is 0 Å². The minimum Gasteiger partial charge on any atom is -0.463 e. The van der Waals surface area contributed by atoms with Crippen molar-refractivity contribution in [3.05, 3.63) is 24.3 Å². The van der Waals surface area contributed by atoms with Gasteiger partial charge in [0.1, 0.15) is 12.7 Å². The number of phosphoric ester groups is 1. The summed E-state index contributed by atoms with van der Waals surface area (Å²) >= 11 is 0. The van der Waals surface area contributed by atoms with Crippen LogP contribution in [0.25, 0.3) is 0 Å². The molecule has 0 aliphatic carbocycles. The van der Waals surface area contributed by atoms with E-state index in [1.165, 1.54) is 64.2 Å². The van der Waals surface area contributed by atoms with Gasteiger partial charge in [-0.25, -0.2) is 4.57 Å². The Labute approximate surface area is 268 Å². The molecule has 3 N–H and O–H groups in total. The largest absolute Gasteiger partial charge is 0.472 e. The van der Waals surface area contributed by atoms with Crippen molar-refractivity contribution in [3.63, 3.8) is 0 Å². The molecule has 2 atom stereocenters. The Balaban J connectivity index is 3.63. The van der Waals surface area contributed by atoms with Crippen LogP contribution >= 0.6 is 7.82 Å². The smallest absolute Gasteiger partial charge is 0.463 e. The number of hydrogen-bond acceptors (Lipinski definition) is 7. The van der Waals surface area contributed by atoms with Crippen LogP contribution in [0.3, 0.4) is 0 Å². The van der Waals surface area contributed by atoms with Crippen LogP contribution in [0.4, 0.5) is 0 Å². The molecule has 10 heteroatoms. The summed E-state index contributed by atoms with van der Waals surface area (Å²) in [4.78, 5) is 33.5. The maximum absolute atomic E-state index is 12.0. The fraction of sp³-hybridized carbons (Fsp3) is 0.824. The minimum absolute atomic E-state index is 0.0813. The molecule has 2 unspecified atom stereocenters. The van der Waals surface area contributed by atoms with E-state index in [-0.39, 0.29) is 32.1 Å². The standard InChI is InChI=1S/C34H64NO8P/c1-3-5-7-9-11-12-13-14-15-16-17-18-19-20-21-23-25-27-34(38)41-30-32(36)31-43-44(39,40)42-29-28-35-33(37)26-24-22-10-8-6-4-2/h11-12,14-15,32,36H,3-10,13,16-31H2,1-2H3,(H,35,37)(H,39,40)/b12-11-,15-14-. The number of allylic oxidation sites excluding steroid dienone is 4. The average Bonchev–Trinajstić information content (AvgIpc) is 3.00. The van der Waals surface area contributed by atoms with Crippen molar-refractivity contribution in [2.75, 3.05) is 26.4 Å². The molecule has 0 aromatic heterocycles. The second kappa shape index (κ2) is 31.5. The number of carbonyl (C=O) groups is 2. The molecule has 258 valence electrons. The summed E-state index contributed by atoms with van der Waals surface area (Å²) < 4.78 is 26.6. The molecule has 0 saturated heterocycles. The number of amides is 1. The monoisotopic (exact) mass is 645 g/mol. The summed E-state index contributed by atoms with van der Waals surface area (Å²) in [5.41, 5.74) is 0. The van der Waals surface area contributed by atoms with Gasteiger partial charge in [-0.1, -0.05) is 115 Å². The van der Waals surface area contributed by atoms with Crippen LogP contribution in [-0.2, 0) is 27.9 Å². The van der Waals surface area contributed by atoms with E-state index in [9.17, 15) is 24.2 Å². The highest BCUT2D eigenvalue weighted by Gasteiger charge is 2.23. The van der Waals surface area contributed by atoms with Gasteiger partial charge in [0.25, 0.3) is 0 Å². The highest BCUT2D eigenvalue weighted by atomic mass is 31.2. The van der Waals surface area contributed by atoms with E-state index in [2.05, 4.69) is 43.5 Å². The second-order valence-corrected chi connectivity index (χ2v) is 12.9. The van der Waals surface area contributed by atoms with E-state index >= 15 is 0 Å². The van der Waals surface area contributed by atoms with Crippen molar-refractivity contribution < 1.29 is 37.9 Å². The van der Waals surface area contributed by atoms with E-state index in [0.717, 1.165) is 57.8 Å². The van der Waals surface area contributed by atoms with Crippen LogP contribution in [0.2, 0.25) is 0 Å². The lowest BCUT2D eigenvalue weighted by Crippen LogP contribution is -2.27. The Morgan fingerprint density at radius 3 is 1.86 bits per heavy atom. The van der Waals surface area contributed by atoms with Gasteiger partial charge >= 0.3 is 13.8 Å². The molecule has 0 saturated carbocycles. The van der Waals surface area contributed by atoms with Crippen molar-refractivity contribution >= 4 is 19.7 Å². The SMILES string of the molecule is CCCCC/C=C\C/C=C\CCCCCCCCCC(=O)OCC(O)COP(=O)(O)OCCNC(=O)CCCCCCCC. The molecular formula is C34H64NO8P. The molecular weight excluding hydrogens is 581 g/mol. The first kappa shape index (κ1) is 42.5. The zero-order valence-corrected chi connectivity index (χ0v) is 28.7. The van der Waals surface area contributed by atoms with Crippen LogP contribution in [0.1, 0.15) is 149 Å². The van der Waals surface area contributed by atoms with Gasteiger partial charge in [0.2, 0.25) is 5.91 Å². The molecule has 44 heavy (non-hydrogen) atoms. The van der Waals surface area contributed by atoms with Crippen LogP contribution in [0, 0.1) is 0 Å². The normalized spacial score (nSPS) is 13.8. The minimum atomic E-state index is -4.40. The number of phosphoric acid groups is 1. The summed E-state index contributed by atoms with van der Waals surface area (Å²) in [6.45, 7) is 3.43. The fourth-order valence-corrected chi connectivity index (χ4v) is 5.22. The van der Waals surface area contributed by atoms with E-state index in [1.54, 1.807) is 0 Å². The van der Waals surface area contributed by atoms with Gasteiger partial charge in [-0.3, -0.25) is 18.6 Å². The molecule has 0 radical (unpaired) electrons. The van der Waals surface area contributed by atoms with Gasteiger partial charge < -0.3 is 20.1 Å². The van der Waals surface area contributed by atoms with Gasteiger partial charge in [0.05, 0.1) is 13.2 Å². The average molecular weight is 646 g/mol. The summed E-state index contributed by atoms with van der Waals surface area (Å²) in [6.07, 6.45) is 29.9. The van der Waals surface area contributed by atoms with Crippen LogP contribution in [-0.4, -0.2) is 54.3 Å². The quantitative estimate of drug-likeness (QED) is 0.0287. The topological polar surface area (TPSA) is 131 Å². The molecule has 0 fully saturated rings. The first-order valence-electron chi connectivity index (χ1n) is 17.3. The van der Waals surface area contributed by atoms with E-state index < -0.39 is 26.5 Å². The Bertz CT molecular complexity index is 789. The molecule has 0 aromatic rings. The lowest BCUT2D eigenvalue weighted by Gasteiger charge is -2.15. The lowest BCUT2D eigenvalue weighted by atomic mass is 10.1. The molecule has 0 heterocycles. The van der Waals surface area contributed by atoms with Gasteiger partial charge in [-0.15, -0.1) is 0 Å². The molecule has 0 aliphatic heterocycles. The summed E-state index contributed by atoms with van der Waals surface area (Å²) in [6, 6.07) is 0. The Kier molecular flexibility index (Phi) is 30.4. The van der Waals surface area contributed by atoms with Crippen molar-refractivity contribution in [1.82, 2.24) is 5.32 Å². The first-order valence-corrected chi connectivity index (χ1v) is 18.8. The zero-order valence-electron chi connectivity index (χ0n) is 27.9. The third-order valence-electron chi connectivity index (χ3n) is 7.13. The van der Waals surface area contributed by atoms with E-state index in [4.69, 9.17) is 13.8 Å². The van der Waals surface area contributed by atoms with Crippen molar-refractivity contribution in [3.8, 4) is 0 Å². The number of carbonyl (C=O) groups excluding carboxylic acids is 2. The molecule has 1 amide bonds. The summed E-state index contributed by atoms with van der Waals surface area (Å²) in [5, 5.41) is 12.6. The molecule has 0 spiro atoms. The Morgan fingerprint density at radius 1 is 0.705 bits per heavy atom. The van der Waals surface area contributed by atoms with Crippen molar-refractivity contribution in [1.29, 1.82) is 0 Å². The number of esters is 1. The fourth-order valence-electron chi connectivity index (χ4n) is 4.47. The van der Waals surface area contributed by atoms with E-state index in [0.29, 0.717) is 6.42 Å². The van der Waals surface area contributed by atoms with Gasteiger partial charge in [-0.05, 0) is 44.9 Å². The third-order valence-corrected chi connectivity index (χ3v) is 8.12. The van der Waals surface area contributed by atoms with Gasteiger partial charge in [0.15, 0.2) is 0 Å². The molecule has 0 bridgehead atoms. The van der Waals surface area contributed by atoms with Crippen molar-refractivity contribution in [2.45, 2.75) is 155 Å². The van der Waals surface area contributed by atoms with Crippen LogP contribution in [0.15, 0.2) is 24.3 Å². The zero-order chi connectivity index (χ0) is 32.6. The number of ether oxygens (including phenoxy) is 1. The Hall–Kier alpha value is -1.51. The maximum atomic E-state index is 12.0. The van der Waals surface area contributed by atoms with Gasteiger partial charge in [-0.2, -0.15) is 0 Å². The lowest BCUT2D eigenvalue weighted by molar-refractivity contribution is -0.147. The maximum Gasteiger partial charge on any atom is 0.472 e. The van der Waals surface area contributed by atoms with Crippen LogP contribution < -0.4 is 5.32 Å². The molecule has 0 rings (SSSR count). The molecule has 0 aromatic carbocycles. The predicted molar refractivity (Wildman–Crippen MR) is 178 cm³/mol. The Morgan fingerprint density at radius 2 is 1.23 bits per heavy atom. The molecule has 0 aliphatic rings. The number of nitrogens with one attached hydrogen (secondary N) is 1. The molecule has 9 nitrogen and oxygen atoms in total. The number of unbranched alkanes of at least 4 members (excludes halogenated alkanes) is 15. The van der Waals surface area contributed by atoms with Crippen molar-refractivity contribution in [2.24, 2.45) is 0 Å². The summed E-state index contributed by atoms with van der Waals surface area (Å²) in [5.74, 6) is -0.534. The number of rotatable bonds is 32. The third kappa shape index (κ3) is 31.9. The number of aliphatic hydroxyl groups is 1.